The van der Waals surface area contributed by atoms with Gasteiger partial charge in [-0.1, -0.05) is 0 Å². The maximum absolute atomic E-state index is 13.0. The van der Waals surface area contributed by atoms with Crippen molar-refractivity contribution >= 4 is 33.3 Å². The summed E-state index contributed by atoms with van der Waals surface area (Å²) in [7, 11) is 0. The molecule has 1 amide bonds. The first kappa shape index (κ1) is 13.4. The van der Waals surface area contributed by atoms with E-state index < -0.39 is 17.5 Å². The Bertz CT molecular complexity index is 629. The zero-order chi connectivity index (χ0) is 14.0. The lowest BCUT2D eigenvalue weighted by molar-refractivity contribution is 0.102. The summed E-state index contributed by atoms with van der Waals surface area (Å²) >= 11 is 3.17. The van der Waals surface area contributed by atoms with Gasteiger partial charge in [-0.15, -0.1) is 0 Å². The minimum atomic E-state index is -0.825. The highest BCUT2D eigenvalue weighted by molar-refractivity contribution is 9.10. The Balaban J connectivity index is 2.25. The van der Waals surface area contributed by atoms with E-state index in [4.69, 9.17) is 5.73 Å². The number of benzene rings is 1. The van der Waals surface area contributed by atoms with Gasteiger partial charge in [-0.25, -0.2) is 13.8 Å². The molecular weight excluding hydrogens is 320 g/mol. The van der Waals surface area contributed by atoms with E-state index in [0.29, 0.717) is 16.2 Å². The zero-order valence-corrected chi connectivity index (χ0v) is 11.0. The molecule has 0 atom stereocenters. The average Bonchev–Trinajstić information content (AvgIpc) is 2.31. The van der Waals surface area contributed by atoms with E-state index in [-0.39, 0.29) is 11.4 Å². The van der Waals surface area contributed by atoms with Crippen molar-refractivity contribution in [3.63, 3.8) is 0 Å². The van der Waals surface area contributed by atoms with E-state index in [1.54, 1.807) is 6.07 Å². The molecule has 0 bridgehead atoms. The van der Waals surface area contributed by atoms with Crippen LogP contribution in [0.25, 0.3) is 0 Å². The number of nitrogen functional groups attached to an aromatic ring is 1. The van der Waals surface area contributed by atoms with Crippen LogP contribution in [0.3, 0.4) is 0 Å². The third-order valence-corrected chi connectivity index (χ3v) is 2.82. The fourth-order valence-electron chi connectivity index (χ4n) is 1.41. The third kappa shape index (κ3) is 3.25. The smallest absolute Gasteiger partial charge is 0.257 e. The number of carbonyl (C=O) groups excluding carboxylic acids is 1. The molecule has 0 aliphatic rings. The van der Waals surface area contributed by atoms with E-state index in [1.807, 2.05) is 0 Å². The number of aromatic nitrogens is 1. The van der Waals surface area contributed by atoms with Crippen LogP contribution in [-0.4, -0.2) is 10.9 Å². The molecule has 0 unspecified atom stereocenters. The van der Waals surface area contributed by atoms with Crippen molar-refractivity contribution in [2.45, 2.75) is 0 Å². The summed E-state index contributed by atoms with van der Waals surface area (Å²) in [6.07, 6.45) is 1.35. The monoisotopic (exact) mass is 327 g/mol. The first-order valence-corrected chi connectivity index (χ1v) is 5.93. The van der Waals surface area contributed by atoms with Gasteiger partial charge in [0.1, 0.15) is 17.5 Å². The van der Waals surface area contributed by atoms with Gasteiger partial charge >= 0.3 is 0 Å². The number of amides is 1. The Labute approximate surface area is 115 Å². The summed E-state index contributed by atoms with van der Waals surface area (Å²) < 4.78 is 26.5. The molecule has 1 aromatic carbocycles. The summed E-state index contributed by atoms with van der Waals surface area (Å²) in [4.78, 5) is 15.7. The van der Waals surface area contributed by atoms with E-state index >= 15 is 0 Å². The molecule has 2 rings (SSSR count). The van der Waals surface area contributed by atoms with Crippen LogP contribution in [0.2, 0.25) is 0 Å². The minimum Gasteiger partial charge on any atom is -0.397 e. The largest absolute Gasteiger partial charge is 0.397 e. The Morgan fingerprint density at radius 3 is 2.42 bits per heavy atom. The fourth-order valence-corrected chi connectivity index (χ4v) is 1.88. The van der Waals surface area contributed by atoms with Crippen molar-refractivity contribution in [1.82, 2.24) is 4.98 Å². The quantitative estimate of drug-likeness (QED) is 0.891. The standard InChI is InChI=1S/C12H8BrF2N3O/c13-10-4-9(16)5-17-11(10)18-12(19)6-1-7(14)3-8(15)2-6/h1-5H,16H2,(H,17,18,19). The predicted octanol–water partition coefficient (Wildman–Crippen LogP) is 2.96. The van der Waals surface area contributed by atoms with Gasteiger partial charge in [-0.05, 0) is 34.1 Å². The molecule has 0 saturated carbocycles. The lowest BCUT2D eigenvalue weighted by Gasteiger charge is -2.07. The number of carbonyl (C=O) groups is 1. The van der Waals surface area contributed by atoms with Crippen molar-refractivity contribution in [3.05, 3.63) is 52.1 Å². The number of anilines is 2. The highest BCUT2D eigenvalue weighted by Crippen LogP contribution is 2.22. The maximum Gasteiger partial charge on any atom is 0.257 e. The number of nitrogens with zero attached hydrogens (tertiary/aromatic N) is 1. The summed E-state index contributed by atoms with van der Waals surface area (Å²) in [6.45, 7) is 0. The van der Waals surface area contributed by atoms with Gasteiger partial charge in [0.15, 0.2) is 0 Å². The summed E-state index contributed by atoms with van der Waals surface area (Å²) in [5, 5.41) is 2.42. The summed E-state index contributed by atoms with van der Waals surface area (Å²) in [5.41, 5.74) is 5.79. The topological polar surface area (TPSA) is 68.0 Å². The lowest BCUT2D eigenvalue weighted by Crippen LogP contribution is -2.14. The number of nitrogens with two attached hydrogens (primary N) is 1. The Morgan fingerprint density at radius 1 is 1.21 bits per heavy atom. The van der Waals surface area contributed by atoms with Crippen LogP contribution in [-0.2, 0) is 0 Å². The predicted molar refractivity (Wildman–Crippen MR) is 70.7 cm³/mol. The van der Waals surface area contributed by atoms with Crippen molar-refractivity contribution in [2.24, 2.45) is 0 Å². The van der Waals surface area contributed by atoms with Crippen LogP contribution in [0.5, 0.6) is 0 Å². The van der Waals surface area contributed by atoms with Crippen LogP contribution in [0.1, 0.15) is 10.4 Å². The molecule has 0 radical (unpaired) electrons. The van der Waals surface area contributed by atoms with E-state index in [9.17, 15) is 13.6 Å². The van der Waals surface area contributed by atoms with Gasteiger partial charge in [0, 0.05) is 11.6 Å². The number of hydrogen-bond acceptors (Lipinski definition) is 3. The second kappa shape index (κ2) is 5.31. The molecule has 1 aromatic heterocycles. The van der Waals surface area contributed by atoms with Gasteiger partial charge in [0.25, 0.3) is 5.91 Å². The van der Waals surface area contributed by atoms with Gasteiger partial charge in [0.2, 0.25) is 0 Å². The van der Waals surface area contributed by atoms with Crippen molar-refractivity contribution in [1.29, 1.82) is 0 Å². The van der Waals surface area contributed by atoms with Crippen LogP contribution in [0, 0.1) is 11.6 Å². The molecule has 7 heteroatoms. The number of pyridine rings is 1. The average molecular weight is 328 g/mol. The molecule has 0 aliphatic carbocycles. The summed E-state index contributed by atoms with van der Waals surface area (Å²) in [6, 6.07) is 4.11. The molecule has 0 spiro atoms. The molecule has 0 saturated heterocycles. The maximum atomic E-state index is 13.0. The van der Waals surface area contributed by atoms with Crippen LogP contribution in [0.4, 0.5) is 20.3 Å². The molecule has 4 nitrogen and oxygen atoms in total. The van der Waals surface area contributed by atoms with E-state index in [2.05, 4.69) is 26.2 Å². The van der Waals surface area contributed by atoms with Crippen molar-refractivity contribution in [3.8, 4) is 0 Å². The Morgan fingerprint density at radius 2 is 1.84 bits per heavy atom. The lowest BCUT2D eigenvalue weighted by atomic mass is 10.2. The third-order valence-electron chi connectivity index (χ3n) is 2.22. The van der Waals surface area contributed by atoms with Crippen LogP contribution < -0.4 is 11.1 Å². The summed E-state index contributed by atoms with van der Waals surface area (Å²) in [5.74, 6) is -2.11. The SMILES string of the molecule is Nc1cnc(NC(=O)c2cc(F)cc(F)c2)c(Br)c1. The molecule has 19 heavy (non-hydrogen) atoms. The Kier molecular flexibility index (Phi) is 3.75. The van der Waals surface area contributed by atoms with E-state index in [1.165, 1.54) is 6.20 Å². The molecule has 1 heterocycles. The van der Waals surface area contributed by atoms with Crippen LogP contribution in [0.15, 0.2) is 34.9 Å². The fraction of sp³-hybridized carbons (Fsp3) is 0. The first-order chi connectivity index (χ1) is 8.95. The molecule has 0 aliphatic heterocycles. The van der Waals surface area contributed by atoms with E-state index in [0.717, 1.165) is 12.1 Å². The number of halogens is 3. The Hall–Kier alpha value is -2.02. The van der Waals surface area contributed by atoms with Gasteiger partial charge < -0.3 is 11.1 Å². The molecule has 3 N–H and O–H groups in total. The second-order valence-electron chi connectivity index (χ2n) is 3.71. The normalized spacial score (nSPS) is 10.3. The number of nitrogens with one attached hydrogen (secondary N) is 1. The molecule has 2 aromatic rings. The number of rotatable bonds is 2. The zero-order valence-electron chi connectivity index (χ0n) is 9.45. The molecule has 98 valence electrons. The number of hydrogen-bond donors (Lipinski definition) is 2. The first-order valence-electron chi connectivity index (χ1n) is 5.14. The van der Waals surface area contributed by atoms with Gasteiger partial charge in [-0.2, -0.15) is 0 Å². The highest BCUT2D eigenvalue weighted by atomic mass is 79.9. The molecular formula is C12H8BrF2N3O. The van der Waals surface area contributed by atoms with Gasteiger partial charge in [-0.3, -0.25) is 4.79 Å². The minimum absolute atomic E-state index is 0.136. The second-order valence-corrected chi connectivity index (χ2v) is 4.57. The van der Waals surface area contributed by atoms with Crippen molar-refractivity contribution in [2.75, 3.05) is 11.1 Å². The van der Waals surface area contributed by atoms with Gasteiger partial charge in [0.05, 0.1) is 16.4 Å². The highest BCUT2D eigenvalue weighted by Gasteiger charge is 2.12. The van der Waals surface area contributed by atoms with Crippen LogP contribution >= 0.6 is 15.9 Å². The molecule has 0 fully saturated rings. The van der Waals surface area contributed by atoms with Crippen molar-refractivity contribution < 1.29 is 13.6 Å².